The molecule has 2 heterocycles. The average molecular weight is 434 g/mol. The minimum absolute atomic E-state index is 0.223. The summed E-state index contributed by atoms with van der Waals surface area (Å²) in [5.41, 5.74) is 1.15. The van der Waals surface area contributed by atoms with Gasteiger partial charge in [-0.05, 0) is 47.5 Å². The molecule has 0 fully saturated rings. The summed E-state index contributed by atoms with van der Waals surface area (Å²) < 4.78 is 26.6. The zero-order valence-corrected chi connectivity index (χ0v) is 17.1. The van der Waals surface area contributed by atoms with E-state index in [1.54, 1.807) is 31.6 Å². The molecule has 0 amide bonds. The van der Waals surface area contributed by atoms with E-state index < -0.39 is 17.3 Å². The van der Waals surface area contributed by atoms with Crippen LogP contribution >= 0.6 is 0 Å². The first-order chi connectivity index (χ1) is 15.5. The van der Waals surface area contributed by atoms with Crippen LogP contribution in [0.5, 0.6) is 11.5 Å². The number of rotatable bonds is 7. The van der Waals surface area contributed by atoms with Crippen molar-refractivity contribution in [1.82, 2.24) is 9.55 Å². The van der Waals surface area contributed by atoms with Crippen molar-refractivity contribution in [2.45, 2.75) is 6.54 Å². The van der Waals surface area contributed by atoms with E-state index in [0.29, 0.717) is 22.6 Å². The normalized spacial score (nSPS) is 10.8. The molecule has 0 radical (unpaired) electrons. The van der Waals surface area contributed by atoms with Crippen molar-refractivity contribution in [3.8, 4) is 22.6 Å². The van der Waals surface area contributed by atoms with Crippen LogP contribution < -0.4 is 15.0 Å². The van der Waals surface area contributed by atoms with E-state index in [2.05, 4.69) is 4.98 Å². The van der Waals surface area contributed by atoms with Crippen LogP contribution in [-0.2, 0) is 6.54 Å². The first kappa shape index (κ1) is 21.0. The molecule has 32 heavy (non-hydrogen) atoms. The third-order valence-electron chi connectivity index (χ3n) is 5.02. The van der Waals surface area contributed by atoms with E-state index in [-0.39, 0.29) is 18.7 Å². The van der Waals surface area contributed by atoms with Gasteiger partial charge in [0, 0.05) is 29.9 Å². The standard InChI is InChI=1S/C24H19FN2O5/c1-31-17-4-6-19-21(13-17)26-9-8-22(19)32-11-10-27-14-16(3-7-23(27)28)15-2-5-18(24(29)30)20(25)12-15/h2-9,12-14H,10-11H2,1H3,(H,29,30). The van der Waals surface area contributed by atoms with Crippen molar-refractivity contribution in [3.05, 3.63) is 88.7 Å². The maximum atomic E-state index is 14.0. The third-order valence-corrected chi connectivity index (χ3v) is 5.02. The minimum atomic E-state index is -1.33. The highest BCUT2D eigenvalue weighted by molar-refractivity contribution is 5.88. The maximum Gasteiger partial charge on any atom is 0.338 e. The van der Waals surface area contributed by atoms with Gasteiger partial charge in [-0.25, -0.2) is 9.18 Å². The second kappa shape index (κ2) is 8.89. The monoisotopic (exact) mass is 434 g/mol. The van der Waals surface area contributed by atoms with Gasteiger partial charge in [-0.1, -0.05) is 6.07 Å². The summed E-state index contributed by atoms with van der Waals surface area (Å²) in [5.74, 6) is -0.845. The number of nitrogens with zero attached hydrogens (tertiary/aromatic N) is 2. The van der Waals surface area contributed by atoms with Crippen LogP contribution in [0.25, 0.3) is 22.0 Å². The largest absolute Gasteiger partial charge is 0.497 e. The number of benzene rings is 2. The lowest BCUT2D eigenvalue weighted by atomic mass is 10.0. The Morgan fingerprint density at radius 2 is 1.91 bits per heavy atom. The molecule has 0 bridgehead atoms. The second-order valence-corrected chi connectivity index (χ2v) is 6.99. The van der Waals surface area contributed by atoms with Crippen molar-refractivity contribution in [2.24, 2.45) is 0 Å². The van der Waals surface area contributed by atoms with Gasteiger partial charge in [0.15, 0.2) is 0 Å². The van der Waals surface area contributed by atoms with Gasteiger partial charge in [-0.2, -0.15) is 0 Å². The number of fused-ring (bicyclic) bond motifs is 1. The fraction of sp³-hybridized carbons (Fsp3) is 0.125. The average Bonchev–Trinajstić information content (AvgIpc) is 2.79. The molecule has 2 aromatic heterocycles. The fourth-order valence-corrected chi connectivity index (χ4v) is 3.35. The number of aromatic nitrogens is 2. The van der Waals surface area contributed by atoms with Crippen molar-refractivity contribution >= 4 is 16.9 Å². The van der Waals surface area contributed by atoms with Crippen LogP contribution in [0.1, 0.15) is 10.4 Å². The highest BCUT2D eigenvalue weighted by Gasteiger charge is 2.12. The lowest BCUT2D eigenvalue weighted by molar-refractivity contribution is 0.0692. The van der Waals surface area contributed by atoms with Gasteiger partial charge in [-0.15, -0.1) is 0 Å². The third kappa shape index (κ3) is 4.29. The summed E-state index contributed by atoms with van der Waals surface area (Å²) in [6, 6.07) is 14.0. The Balaban J connectivity index is 1.52. The Kier molecular flexibility index (Phi) is 5.85. The fourth-order valence-electron chi connectivity index (χ4n) is 3.35. The molecule has 0 aliphatic heterocycles. The Labute approximate surface area is 182 Å². The van der Waals surface area contributed by atoms with E-state index in [1.165, 1.54) is 22.8 Å². The highest BCUT2D eigenvalue weighted by Crippen LogP contribution is 2.27. The Morgan fingerprint density at radius 3 is 2.66 bits per heavy atom. The number of carboxylic acids is 1. The van der Waals surface area contributed by atoms with E-state index in [1.807, 2.05) is 18.2 Å². The number of hydrogen-bond donors (Lipinski definition) is 1. The molecule has 0 aliphatic carbocycles. The van der Waals surface area contributed by atoms with Crippen LogP contribution in [0, 0.1) is 5.82 Å². The molecule has 7 nitrogen and oxygen atoms in total. The number of halogens is 1. The lowest BCUT2D eigenvalue weighted by Crippen LogP contribution is -2.22. The summed E-state index contributed by atoms with van der Waals surface area (Å²) in [4.78, 5) is 27.6. The predicted molar refractivity (Wildman–Crippen MR) is 117 cm³/mol. The maximum absolute atomic E-state index is 14.0. The van der Waals surface area contributed by atoms with Crippen LogP contribution in [0.4, 0.5) is 4.39 Å². The number of hydrogen-bond acceptors (Lipinski definition) is 5. The number of aromatic carboxylic acids is 1. The second-order valence-electron chi connectivity index (χ2n) is 6.99. The Bertz CT molecular complexity index is 1370. The molecule has 0 spiro atoms. The van der Waals surface area contributed by atoms with Crippen LogP contribution in [0.15, 0.2) is 71.8 Å². The molecule has 0 unspecified atom stereocenters. The predicted octanol–water partition coefficient (Wildman–Crippen LogP) is 3.99. The van der Waals surface area contributed by atoms with E-state index >= 15 is 0 Å². The first-order valence-corrected chi connectivity index (χ1v) is 9.75. The van der Waals surface area contributed by atoms with Gasteiger partial charge >= 0.3 is 5.97 Å². The van der Waals surface area contributed by atoms with E-state index in [9.17, 15) is 14.0 Å². The number of carbonyl (C=O) groups is 1. The summed E-state index contributed by atoms with van der Waals surface area (Å²) in [6.07, 6.45) is 3.23. The van der Waals surface area contributed by atoms with Gasteiger partial charge in [0.25, 0.3) is 5.56 Å². The summed E-state index contributed by atoms with van der Waals surface area (Å²) >= 11 is 0. The molecular formula is C24H19FN2O5. The Morgan fingerprint density at radius 1 is 1.09 bits per heavy atom. The van der Waals surface area contributed by atoms with E-state index in [0.717, 1.165) is 17.0 Å². The molecule has 162 valence electrons. The van der Waals surface area contributed by atoms with Gasteiger partial charge in [0.05, 0.1) is 24.7 Å². The van der Waals surface area contributed by atoms with Crippen LogP contribution in [0.3, 0.4) is 0 Å². The number of methoxy groups -OCH3 is 1. The molecule has 0 saturated heterocycles. The molecule has 0 aliphatic rings. The molecule has 0 atom stereocenters. The molecule has 8 heteroatoms. The van der Waals surface area contributed by atoms with Crippen molar-refractivity contribution in [2.75, 3.05) is 13.7 Å². The summed E-state index contributed by atoms with van der Waals surface area (Å²) in [6.45, 7) is 0.489. The van der Waals surface area contributed by atoms with Gasteiger partial charge < -0.3 is 19.1 Å². The molecule has 0 saturated carbocycles. The van der Waals surface area contributed by atoms with Gasteiger partial charge in [0.1, 0.15) is 23.9 Å². The zero-order chi connectivity index (χ0) is 22.7. The smallest absolute Gasteiger partial charge is 0.338 e. The van der Waals surface area contributed by atoms with Crippen LogP contribution in [-0.4, -0.2) is 34.3 Å². The van der Waals surface area contributed by atoms with Gasteiger partial charge in [0.2, 0.25) is 0 Å². The van der Waals surface area contributed by atoms with Crippen molar-refractivity contribution < 1.29 is 23.8 Å². The van der Waals surface area contributed by atoms with Crippen molar-refractivity contribution in [3.63, 3.8) is 0 Å². The quantitative estimate of drug-likeness (QED) is 0.473. The molecular weight excluding hydrogens is 415 g/mol. The zero-order valence-electron chi connectivity index (χ0n) is 17.1. The topological polar surface area (TPSA) is 90.6 Å². The number of carboxylic acid groups (broad SMARTS) is 1. The molecule has 1 N–H and O–H groups in total. The Hall–Kier alpha value is -4.20. The first-order valence-electron chi connectivity index (χ1n) is 9.75. The van der Waals surface area contributed by atoms with E-state index in [4.69, 9.17) is 14.6 Å². The molecule has 4 aromatic rings. The SMILES string of the molecule is COc1ccc2c(OCCn3cc(-c4ccc(C(=O)O)c(F)c4)ccc3=O)ccnc2c1. The number of pyridine rings is 2. The molecule has 2 aromatic carbocycles. The molecule has 4 rings (SSSR count). The lowest BCUT2D eigenvalue weighted by Gasteiger charge is -2.12. The van der Waals surface area contributed by atoms with Crippen LogP contribution in [0.2, 0.25) is 0 Å². The number of ether oxygens (including phenoxy) is 2. The minimum Gasteiger partial charge on any atom is -0.497 e. The van der Waals surface area contributed by atoms with Crippen molar-refractivity contribution in [1.29, 1.82) is 0 Å². The highest BCUT2D eigenvalue weighted by atomic mass is 19.1. The summed E-state index contributed by atoms with van der Waals surface area (Å²) in [5, 5.41) is 9.80. The summed E-state index contributed by atoms with van der Waals surface area (Å²) in [7, 11) is 1.59. The van der Waals surface area contributed by atoms with Gasteiger partial charge in [-0.3, -0.25) is 9.78 Å².